The zero-order valence-electron chi connectivity index (χ0n) is 12.3. The smallest absolute Gasteiger partial charge is 0.428 e. The van der Waals surface area contributed by atoms with Crippen LogP contribution in [-0.4, -0.2) is 23.7 Å². The number of benzene rings is 1. The van der Waals surface area contributed by atoms with Crippen LogP contribution >= 0.6 is 12.4 Å². The lowest BCUT2D eigenvalue weighted by molar-refractivity contribution is -0.253. The molecule has 0 saturated heterocycles. The van der Waals surface area contributed by atoms with Crippen LogP contribution in [0.15, 0.2) is 24.3 Å². The summed E-state index contributed by atoms with van der Waals surface area (Å²) in [6, 6.07) is 4.50. The van der Waals surface area contributed by atoms with Gasteiger partial charge < -0.3 is 15.6 Å². The maximum absolute atomic E-state index is 13.1. The fraction of sp³-hybridized carbons (Fsp3) is 0.600. The van der Waals surface area contributed by atoms with Gasteiger partial charge in [0.05, 0.1) is 12.1 Å². The maximum atomic E-state index is 13.1. The molecule has 3 nitrogen and oxygen atoms in total. The van der Waals surface area contributed by atoms with Crippen LogP contribution in [0.4, 0.5) is 17.6 Å². The molecular formula is C15H20ClF4NO2. The lowest BCUT2D eigenvalue weighted by atomic mass is 9.90. The van der Waals surface area contributed by atoms with Gasteiger partial charge in [-0.1, -0.05) is 31.0 Å². The summed E-state index contributed by atoms with van der Waals surface area (Å²) >= 11 is 0. The molecule has 8 heteroatoms. The Bertz CT molecular complexity index is 498. The van der Waals surface area contributed by atoms with Crippen molar-refractivity contribution in [1.82, 2.24) is 0 Å². The van der Waals surface area contributed by atoms with Gasteiger partial charge in [-0.3, -0.25) is 0 Å². The number of ether oxygens (including phenoxy) is 1. The molecule has 2 rings (SSSR count). The fourth-order valence-corrected chi connectivity index (χ4v) is 2.82. The first kappa shape index (κ1) is 20.0. The Morgan fingerprint density at radius 1 is 1.17 bits per heavy atom. The molecule has 0 bridgehead atoms. The second-order valence-corrected chi connectivity index (χ2v) is 5.56. The molecule has 1 aliphatic carbocycles. The van der Waals surface area contributed by atoms with Crippen LogP contribution in [0, 0.1) is 5.92 Å². The van der Waals surface area contributed by atoms with E-state index < -0.39 is 30.4 Å². The fourth-order valence-electron chi connectivity index (χ4n) is 2.82. The highest BCUT2D eigenvalue weighted by atomic mass is 35.5. The van der Waals surface area contributed by atoms with Crippen molar-refractivity contribution in [2.75, 3.05) is 0 Å². The summed E-state index contributed by atoms with van der Waals surface area (Å²) in [6.45, 7) is 0. The molecule has 0 aromatic heterocycles. The average Bonchev–Trinajstić information content (AvgIpc) is 3.00. The summed E-state index contributed by atoms with van der Waals surface area (Å²) in [7, 11) is 0. The van der Waals surface area contributed by atoms with Gasteiger partial charge >= 0.3 is 12.5 Å². The molecule has 23 heavy (non-hydrogen) atoms. The van der Waals surface area contributed by atoms with Gasteiger partial charge in [-0.2, -0.15) is 17.6 Å². The standard InChI is InChI=1S/C15H19F4NO2.ClH/c16-14(17)15(18,19)22-11-8-4-3-7-10(11)12(20)13(21)9-5-1-2-6-9;/h3-4,7-9,12-14,21H,1-2,5-6,20H2;1H/t12-,13+;/m1./s1. The minimum Gasteiger partial charge on any atom is -0.428 e. The van der Waals surface area contributed by atoms with Crippen LogP contribution in [0.5, 0.6) is 5.75 Å². The number of hydrogen-bond acceptors (Lipinski definition) is 3. The zero-order chi connectivity index (χ0) is 16.3. The summed E-state index contributed by atoms with van der Waals surface area (Å²) in [4.78, 5) is 0. The van der Waals surface area contributed by atoms with E-state index in [9.17, 15) is 22.7 Å². The summed E-state index contributed by atoms with van der Waals surface area (Å²) in [5, 5.41) is 10.3. The number of nitrogens with two attached hydrogens (primary N) is 1. The summed E-state index contributed by atoms with van der Waals surface area (Å²) < 4.78 is 54.9. The Kier molecular flexibility index (Phi) is 7.10. The molecule has 1 aliphatic rings. The van der Waals surface area contributed by atoms with Crippen molar-refractivity contribution in [3.05, 3.63) is 29.8 Å². The van der Waals surface area contributed by atoms with E-state index in [-0.39, 0.29) is 23.9 Å². The van der Waals surface area contributed by atoms with Crippen LogP contribution in [0.1, 0.15) is 37.3 Å². The predicted octanol–water partition coefficient (Wildman–Crippen LogP) is 3.90. The van der Waals surface area contributed by atoms with Crippen LogP contribution in [0.3, 0.4) is 0 Å². The Balaban J connectivity index is 0.00000264. The molecule has 0 unspecified atom stereocenters. The number of rotatable bonds is 6. The Morgan fingerprint density at radius 2 is 1.74 bits per heavy atom. The van der Waals surface area contributed by atoms with Gasteiger partial charge in [-0.05, 0) is 24.8 Å². The second kappa shape index (κ2) is 8.17. The molecule has 0 spiro atoms. The van der Waals surface area contributed by atoms with E-state index in [0.29, 0.717) is 0 Å². The van der Waals surface area contributed by atoms with Crippen LogP contribution in [0.25, 0.3) is 0 Å². The maximum Gasteiger partial charge on any atom is 0.461 e. The lowest BCUT2D eigenvalue weighted by Gasteiger charge is -2.27. The summed E-state index contributed by atoms with van der Waals surface area (Å²) in [5.74, 6) is -0.448. The number of aliphatic hydroxyl groups excluding tert-OH is 1. The summed E-state index contributed by atoms with van der Waals surface area (Å²) in [5.41, 5.74) is 6.05. The van der Waals surface area contributed by atoms with Gasteiger partial charge in [0.2, 0.25) is 0 Å². The third-order valence-corrected chi connectivity index (χ3v) is 4.03. The molecule has 0 aliphatic heterocycles. The first-order valence-electron chi connectivity index (χ1n) is 7.20. The monoisotopic (exact) mass is 357 g/mol. The minimum atomic E-state index is -4.60. The quantitative estimate of drug-likeness (QED) is 0.759. The molecule has 1 fully saturated rings. The highest BCUT2D eigenvalue weighted by Crippen LogP contribution is 2.37. The Morgan fingerprint density at radius 3 is 2.30 bits per heavy atom. The van der Waals surface area contributed by atoms with Gasteiger partial charge in [0.15, 0.2) is 0 Å². The van der Waals surface area contributed by atoms with Crippen molar-refractivity contribution in [3.8, 4) is 5.75 Å². The highest BCUT2D eigenvalue weighted by molar-refractivity contribution is 5.85. The Hall–Kier alpha value is -1.05. The van der Waals surface area contributed by atoms with Crippen molar-refractivity contribution in [2.24, 2.45) is 11.7 Å². The van der Waals surface area contributed by atoms with Gasteiger partial charge in [0.1, 0.15) is 5.75 Å². The normalized spacial score (nSPS) is 18.6. The number of para-hydroxylation sites is 1. The average molecular weight is 358 g/mol. The zero-order valence-corrected chi connectivity index (χ0v) is 13.1. The number of halogens is 5. The van der Waals surface area contributed by atoms with Gasteiger partial charge in [-0.25, -0.2) is 0 Å². The van der Waals surface area contributed by atoms with Crippen molar-refractivity contribution < 1.29 is 27.4 Å². The van der Waals surface area contributed by atoms with E-state index in [0.717, 1.165) is 31.7 Å². The lowest BCUT2D eigenvalue weighted by Crippen LogP contribution is -2.36. The van der Waals surface area contributed by atoms with Gasteiger partial charge in [0.25, 0.3) is 0 Å². The molecule has 1 aromatic carbocycles. The molecule has 1 aromatic rings. The first-order valence-corrected chi connectivity index (χ1v) is 7.20. The van der Waals surface area contributed by atoms with Crippen molar-refractivity contribution in [3.63, 3.8) is 0 Å². The van der Waals surface area contributed by atoms with Gasteiger partial charge in [-0.15, -0.1) is 12.4 Å². The third-order valence-electron chi connectivity index (χ3n) is 4.03. The molecule has 1 saturated carbocycles. The van der Waals surface area contributed by atoms with E-state index in [2.05, 4.69) is 4.74 Å². The van der Waals surface area contributed by atoms with Gasteiger partial charge in [0, 0.05) is 5.56 Å². The van der Waals surface area contributed by atoms with Crippen LogP contribution in [-0.2, 0) is 0 Å². The first-order chi connectivity index (χ1) is 10.3. The van der Waals surface area contributed by atoms with Crippen molar-refractivity contribution in [2.45, 2.75) is 50.4 Å². The SMILES string of the molecule is Cl.N[C@H](c1ccccc1OC(F)(F)C(F)F)[C@@H](O)C1CCCC1. The van der Waals surface area contributed by atoms with E-state index in [1.807, 2.05) is 0 Å². The number of alkyl halides is 4. The topological polar surface area (TPSA) is 55.5 Å². The molecule has 2 atom stereocenters. The minimum absolute atomic E-state index is 0. The van der Waals surface area contributed by atoms with Crippen molar-refractivity contribution in [1.29, 1.82) is 0 Å². The molecule has 0 amide bonds. The summed E-state index contributed by atoms with van der Waals surface area (Å²) in [6.07, 6.45) is -5.89. The molecule has 0 radical (unpaired) electrons. The number of hydrogen-bond donors (Lipinski definition) is 2. The molecular weight excluding hydrogens is 338 g/mol. The van der Waals surface area contributed by atoms with Crippen molar-refractivity contribution >= 4 is 12.4 Å². The van der Waals surface area contributed by atoms with Crippen LogP contribution < -0.4 is 10.5 Å². The molecule has 3 N–H and O–H groups in total. The second-order valence-electron chi connectivity index (χ2n) is 5.56. The molecule has 132 valence electrons. The highest BCUT2D eigenvalue weighted by Gasteiger charge is 2.44. The largest absolute Gasteiger partial charge is 0.461 e. The molecule has 0 heterocycles. The number of aliphatic hydroxyl groups is 1. The van der Waals surface area contributed by atoms with Crippen LogP contribution in [0.2, 0.25) is 0 Å². The van der Waals surface area contributed by atoms with E-state index in [4.69, 9.17) is 5.73 Å². The van der Waals surface area contributed by atoms with E-state index >= 15 is 0 Å². The third kappa shape index (κ3) is 4.71. The Labute approximate surface area is 138 Å². The van der Waals surface area contributed by atoms with E-state index in [1.54, 1.807) is 0 Å². The van der Waals surface area contributed by atoms with E-state index in [1.165, 1.54) is 18.2 Å². The predicted molar refractivity (Wildman–Crippen MR) is 80.2 cm³/mol.